The third-order valence-electron chi connectivity index (χ3n) is 3.63. The molecule has 126 valence electrons. The number of nitrogens with one attached hydrogen (secondary N) is 1. The fourth-order valence-electron chi connectivity index (χ4n) is 2.08. The lowest BCUT2D eigenvalue weighted by molar-refractivity contribution is 0.0431. The summed E-state index contributed by atoms with van der Waals surface area (Å²) in [4.78, 5) is 24.3. The monoisotopic (exact) mass is 345 g/mol. The largest absolute Gasteiger partial charge is 0.460 e. The van der Waals surface area contributed by atoms with Crippen LogP contribution in [0, 0.1) is 5.92 Å². The highest BCUT2D eigenvalue weighted by Gasteiger charge is 2.19. The first-order chi connectivity index (χ1) is 11.5. The molecule has 0 bridgehead atoms. The number of amides is 1. The Labute approximate surface area is 146 Å². The summed E-state index contributed by atoms with van der Waals surface area (Å²) in [6, 6.07) is 15.1. The smallest absolute Gasteiger partial charge is 0.338 e. The maximum absolute atomic E-state index is 12.3. The summed E-state index contributed by atoms with van der Waals surface area (Å²) in [6.45, 7) is 4.04. The highest BCUT2D eigenvalue weighted by molar-refractivity contribution is 6.30. The molecule has 0 heterocycles. The van der Waals surface area contributed by atoms with Crippen molar-refractivity contribution in [1.29, 1.82) is 0 Å². The summed E-state index contributed by atoms with van der Waals surface area (Å²) < 4.78 is 5.33. The molecule has 0 aliphatic rings. The number of esters is 1. The number of carbonyl (C=O) groups is 2. The predicted molar refractivity (Wildman–Crippen MR) is 94.3 cm³/mol. The van der Waals surface area contributed by atoms with Crippen molar-refractivity contribution >= 4 is 23.5 Å². The van der Waals surface area contributed by atoms with Gasteiger partial charge in [-0.3, -0.25) is 4.79 Å². The van der Waals surface area contributed by atoms with Gasteiger partial charge in [0.05, 0.1) is 11.6 Å². The van der Waals surface area contributed by atoms with Crippen molar-refractivity contribution < 1.29 is 14.3 Å². The van der Waals surface area contributed by atoms with E-state index in [4.69, 9.17) is 16.3 Å². The highest BCUT2D eigenvalue weighted by Crippen LogP contribution is 2.11. The lowest BCUT2D eigenvalue weighted by Gasteiger charge is -2.22. The molecular weight excluding hydrogens is 326 g/mol. The number of carbonyl (C=O) groups excluding carboxylic acids is 2. The second-order valence-corrected chi connectivity index (χ2v) is 6.23. The Morgan fingerprint density at radius 2 is 1.62 bits per heavy atom. The molecule has 2 aromatic rings. The van der Waals surface area contributed by atoms with Gasteiger partial charge in [-0.15, -0.1) is 0 Å². The van der Waals surface area contributed by atoms with Gasteiger partial charge in [-0.1, -0.05) is 43.6 Å². The molecule has 2 aromatic carbocycles. The van der Waals surface area contributed by atoms with E-state index in [1.54, 1.807) is 48.5 Å². The Bertz CT molecular complexity index is 684. The van der Waals surface area contributed by atoms with Crippen molar-refractivity contribution in [2.24, 2.45) is 5.92 Å². The molecule has 1 amide bonds. The van der Waals surface area contributed by atoms with E-state index in [9.17, 15) is 9.59 Å². The van der Waals surface area contributed by atoms with E-state index in [1.165, 1.54) is 0 Å². The van der Waals surface area contributed by atoms with Gasteiger partial charge in [0.2, 0.25) is 0 Å². The molecule has 0 spiro atoms. The SMILES string of the molecule is CC(C)[C@@H](COC(=O)c1ccccc1)NC(=O)c1ccc(Cl)cc1. The van der Waals surface area contributed by atoms with E-state index in [0.29, 0.717) is 16.1 Å². The Morgan fingerprint density at radius 1 is 1.00 bits per heavy atom. The third-order valence-corrected chi connectivity index (χ3v) is 3.88. The molecule has 0 unspecified atom stereocenters. The molecule has 4 nitrogen and oxygen atoms in total. The minimum atomic E-state index is -0.401. The lowest BCUT2D eigenvalue weighted by Crippen LogP contribution is -2.42. The Kier molecular flexibility index (Phi) is 6.38. The summed E-state index contributed by atoms with van der Waals surface area (Å²) in [5.74, 6) is -0.507. The summed E-state index contributed by atoms with van der Waals surface area (Å²) in [7, 11) is 0. The number of hydrogen-bond donors (Lipinski definition) is 1. The molecule has 1 N–H and O–H groups in total. The van der Waals surface area contributed by atoms with Crippen LogP contribution >= 0.6 is 11.6 Å². The minimum Gasteiger partial charge on any atom is -0.460 e. The first-order valence-electron chi connectivity index (χ1n) is 7.76. The average Bonchev–Trinajstić information content (AvgIpc) is 2.59. The Morgan fingerprint density at radius 3 is 2.21 bits per heavy atom. The van der Waals surface area contributed by atoms with Crippen LogP contribution in [0.5, 0.6) is 0 Å². The molecule has 0 aliphatic heterocycles. The van der Waals surface area contributed by atoms with Crippen LogP contribution in [0.3, 0.4) is 0 Å². The van der Waals surface area contributed by atoms with Crippen molar-refractivity contribution in [2.45, 2.75) is 19.9 Å². The molecule has 5 heteroatoms. The van der Waals surface area contributed by atoms with Crippen LogP contribution in [0.1, 0.15) is 34.6 Å². The van der Waals surface area contributed by atoms with Gasteiger partial charge in [0, 0.05) is 10.6 Å². The summed E-state index contributed by atoms with van der Waals surface area (Å²) in [5, 5.41) is 3.47. The minimum absolute atomic E-state index is 0.116. The van der Waals surface area contributed by atoms with E-state index in [1.807, 2.05) is 19.9 Å². The van der Waals surface area contributed by atoms with Gasteiger partial charge in [-0.05, 0) is 42.3 Å². The van der Waals surface area contributed by atoms with Gasteiger partial charge in [-0.2, -0.15) is 0 Å². The van der Waals surface area contributed by atoms with Crippen LogP contribution in [-0.4, -0.2) is 24.5 Å². The molecule has 0 saturated carbocycles. The molecule has 1 atom stereocenters. The predicted octanol–water partition coefficient (Wildman–Crippen LogP) is 3.95. The normalized spacial score (nSPS) is 11.8. The molecule has 2 rings (SSSR count). The zero-order valence-corrected chi connectivity index (χ0v) is 14.4. The topological polar surface area (TPSA) is 55.4 Å². The molecule has 0 radical (unpaired) electrons. The van der Waals surface area contributed by atoms with Crippen molar-refractivity contribution in [2.75, 3.05) is 6.61 Å². The van der Waals surface area contributed by atoms with Crippen molar-refractivity contribution in [3.8, 4) is 0 Å². The van der Waals surface area contributed by atoms with E-state index < -0.39 is 5.97 Å². The van der Waals surface area contributed by atoms with Gasteiger partial charge in [0.15, 0.2) is 0 Å². The molecule has 24 heavy (non-hydrogen) atoms. The van der Waals surface area contributed by atoms with Crippen LogP contribution in [0.2, 0.25) is 5.02 Å². The van der Waals surface area contributed by atoms with Crippen LogP contribution in [0.15, 0.2) is 54.6 Å². The molecule has 0 saturated heterocycles. The maximum atomic E-state index is 12.3. The fourth-order valence-corrected chi connectivity index (χ4v) is 2.20. The molecule has 0 aromatic heterocycles. The van der Waals surface area contributed by atoms with E-state index in [-0.39, 0.29) is 24.5 Å². The number of rotatable bonds is 6. The average molecular weight is 346 g/mol. The molecular formula is C19H20ClNO3. The number of benzene rings is 2. The van der Waals surface area contributed by atoms with Gasteiger partial charge < -0.3 is 10.1 Å². The number of ether oxygens (including phenoxy) is 1. The van der Waals surface area contributed by atoms with E-state index >= 15 is 0 Å². The Balaban J connectivity index is 1.95. The third kappa shape index (κ3) is 5.10. The van der Waals surface area contributed by atoms with Crippen molar-refractivity contribution in [3.05, 3.63) is 70.7 Å². The number of halogens is 1. The summed E-state index contributed by atoms with van der Waals surface area (Å²) in [5.41, 5.74) is 1.00. The highest BCUT2D eigenvalue weighted by atomic mass is 35.5. The standard InChI is InChI=1S/C19H20ClNO3/c1-13(2)17(12-24-19(23)15-6-4-3-5-7-15)21-18(22)14-8-10-16(20)11-9-14/h3-11,13,17H,12H2,1-2H3,(H,21,22)/t17-/m1/s1. The zero-order valence-electron chi connectivity index (χ0n) is 13.7. The summed E-state index contributed by atoms with van der Waals surface area (Å²) >= 11 is 5.83. The second kappa shape index (κ2) is 8.50. The number of hydrogen-bond acceptors (Lipinski definition) is 3. The van der Waals surface area contributed by atoms with Crippen LogP contribution in [-0.2, 0) is 4.74 Å². The maximum Gasteiger partial charge on any atom is 0.338 e. The summed E-state index contributed by atoms with van der Waals surface area (Å²) in [6.07, 6.45) is 0. The Hall–Kier alpha value is -2.33. The second-order valence-electron chi connectivity index (χ2n) is 5.80. The lowest BCUT2D eigenvalue weighted by atomic mass is 10.0. The van der Waals surface area contributed by atoms with Gasteiger partial charge in [0.25, 0.3) is 5.91 Å². The van der Waals surface area contributed by atoms with Crippen LogP contribution in [0.4, 0.5) is 0 Å². The van der Waals surface area contributed by atoms with E-state index in [2.05, 4.69) is 5.32 Å². The first kappa shape index (κ1) is 18.0. The zero-order chi connectivity index (χ0) is 17.5. The molecule has 0 fully saturated rings. The molecule has 0 aliphatic carbocycles. The first-order valence-corrected chi connectivity index (χ1v) is 8.14. The van der Waals surface area contributed by atoms with E-state index in [0.717, 1.165) is 0 Å². The quantitative estimate of drug-likeness (QED) is 0.806. The van der Waals surface area contributed by atoms with Gasteiger partial charge in [-0.25, -0.2) is 4.79 Å². The fraction of sp³-hybridized carbons (Fsp3) is 0.263. The van der Waals surface area contributed by atoms with Crippen LogP contribution in [0.25, 0.3) is 0 Å². The van der Waals surface area contributed by atoms with Gasteiger partial charge >= 0.3 is 5.97 Å². The van der Waals surface area contributed by atoms with Crippen LogP contribution < -0.4 is 5.32 Å². The van der Waals surface area contributed by atoms with Gasteiger partial charge in [0.1, 0.15) is 6.61 Å². The van der Waals surface area contributed by atoms with Crippen molar-refractivity contribution in [1.82, 2.24) is 5.32 Å². The van der Waals surface area contributed by atoms with Crippen molar-refractivity contribution in [3.63, 3.8) is 0 Å².